The summed E-state index contributed by atoms with van der Waals surface area (Å²) in [5.41, 5.74) is 0.858. The van der Waals surface area contributed by atoms with E-state index in [1.807, 2.05) is 18.2 Å². The Balaban J connectivity index is 0.00000243. The molecule has 8 heteroatoms. The number of nitrogens with one attached hydrogen (secondary N) is 1. The number of benzene rings is 1. The van der Waals surface area contributed by atoms with Crippen LogP contribution in [0.4, 0.5) is 0 Å². The molecule has 1 saturated carbocycles. The minimum absolute atomic E-state index is 0. The van der Waals surface area contributed by atoms with Crippen LogP contribution in [0.3, 0.4) is 0 Å². The Morgan fingerprint density at radius 3 is 2.65 bits per heavy atom. The van der Waals surface area contributed by atoms with Crippen molar-refractivity contribution in [2.24, 2.45) is 0 Å². The molecule has 3 rings (SSSR count). The zero-order valence-electron chi connectivity index (χ0n) is 15.1. The van der Waals surface area contributed by atoms with Gasteiger partial charge in [-0.1, -0.05) is 6.07 Å². The number of hydrogen-bond donors (Lipinski definition) is 2. The molecular weight excluding hydrogens is 360 g/mol. The van der Waals surface area contributed by atoms with Gasteiger partial charge in [0.15, 0.2) is 11.5 Å². The highest BCUT2D eigenvalue weighted by molar-refractivity contribution is 5.85. The smallest absolute Gasteiger partial charge is 0.237 e. The van der Waals surface area contributed by atoms with E-state index in [0.717, 1.165) is 18.4 Å². The summed E-state index contributed by atoms with van der Waals surface area (Å²) in [6.07, 6.45) is 1.81. The highest BCUT2D eigenvalue weighted by Gasteiger charge is 2.36. The van der Waals surface area contributed by atoms with E-state index < -0.39 is 6.10 Å². The van der Waals surface area contributed by atoms with Gasteiger partial charge in [-0.25, -0.2) is 0 Å². The zero-order valence-corrected chi connectivity index (χ0v) is 16.0. The van der Waals surface area contributed by atoms with Gasteiger partial charge in [-0.05, 0) is 30.5 Å². The molecule has 2 fully saturated rings. The lowest BCUT2D eigenvalue weighted by atomic mass is 9.97. The Morgan fingerprint density at radius 2 is 2.04 bits per heavy atom. The van der Waals surface area contributed by atoms with Crippen LogP contribution in [0, 0.1) is 0 Å². The quantitative estimate of drug-likeness (QED) is 0.731. The van der Waals surface area contributed by atoms with Crippen molar-refractivity contribution >= 4 is 18.3 Å². The molecule has 1 aliphatic heterocycles. The second-order valence-corrected chi connectivity index (χ2v) is 6.39. The van der Waals surface area contributed by atoms with Crippen LogP contribution in [0.25, 0.3) is 0 Å². The molecule has 1 amide bonds. The molecule has 0 unspecified atom stereocenters. The molecule has 1 aliphatic carbocycles. The van der Waals surface area contributed by atoms with E-state index in [4.69, 9.17) is 14.2 Å². The van der Waals surface area contributed by atoms with Gasteiger partial charge in [-0.2, -0.15) is 0 Å². The monoisotopic (exact) mass is 386 g/mol. The lowest BCUT2D eigenvalue weighted by molar-refractivity contribution is -0.149. The maximum absolute atomic E-state index is 12.7. The molecule has 0 radical (unpaired) electrons. The number of halogens is 1. The molecule has 26 heavy (non-hydrogen) atoms. The molecule has 0 spiro atoms. The maximum Gasteiger partial charge on any atom is 0.237 e. The zero-order chi connectivity index (χ0) is 17.8. The summed E-state index contributed by atoms with van der Waals surface area (Å²) in [4.78, 5) is 14.5. The Morgan fingerprint density at radius 1 is 1.31 bits per heavy atom. The summed E-state index contributed by atoms with van der Waals surface area (Å²) >= 11 is 0. The normalized spacial score (nSPS) is 22.5. The van der Waals surface area contributed by atoms with Crippen molar-refractivity contribution in [3.63, 3.8) is 0 Å². The van der Waals surface area contributed by atoms with Crippen molar-refractivity contribution in [3.8, 4) is 11.5 Å². The number of aliphatic hydroxyl groups is 1. The fourth-order valence-electron chi connectivity index (χ4n) is 3.22. The number of amides is 1. The molecule has 0 aromatic heterocycles. The van der Waals surface area contributed by atoms with Crippen molar-refractivity contribution < 1.29 is 24.1 Å². The van der Waals surface area contributed by atoms with Gasteiger partial charge >= 0.3 is 0 Å². The van der Waals surface area contributed by atoms with Crippen molar-refractivity contribution in [3.05, 3.63) is 23.8 Å². The van der Waals surface area contributed by atoms with Crippen molar-refractivity contribution in [1.82, 2.24) is 10.2 Å². The standard InChI is InChI=1S/C18H26N2O5.ClH/c1-23-14-6-3-12(9-15(14)24-2)18-16(11-21)25-8-7-20(18)17(22)10-19-13-4-5-13;/h3,6,9,13,16,18-19,21H,4-5,7-8,10-11H2,1-2H3;1H/t16-,18-;/m1./s1. The van der Waals surface area contributed by atoms with Crippen LogP contribution in [0.2, 0.25) is 0 Å². The predicted octanol–water partition coefficient (Wildman–Crippen LogP) is 1.14. The topological polar surface area (TPSA) is 80.3 Å². The Hall–Kier alpha value is -1.54. The molecule has 1 saturated heterocycles. The number of carbonyl (C=O) groups excluding carboxylic acids is 1. The van der Waals surface area contributed by atoms with E-state index in [2.05, 4.69) is 5.32 Å². The number of morpholine rings is 1. The molecule has 1 aromatic carbocycles. The van der Waals surface area contributed by atoms with Crippen LogP contribution < -0.4 is 14.8 Å². The molecule has 7 nitrogen and oxygen atoms in total. The van der Waals surface area contributed by atoms with Gasteiger partial charge < -0.3 is 29.5 Å². The summed E-state index contributed by atoms with van der Waals surface area (Å²) in [5.74, 6) is 1.23. The summed E-state index contributed by atoms with van der Waals surface area (Å²) in [7, 11) is 3.15. The Kier molecular flexibility index (Phi) is 7.52. The van der Waals surface area contributed by atoms with E-state index in [-0.39, 0.29) is 31.0 Å². The van der Waals surface area contributed by atoms with E-state index >= 15 is 0 Å². The minimum atomic E-state index is -0.461. The number of ether oxygens (including phenoxy) is 3. The van der Waals surface area contributed by atoms with Gasteiger partial charge in [0.25, 0.3) is 0 Å². The molecular formula is C18H27ClN2O5. The first kappa shape index (κ1) is 20.8. The fraction of sp³-hybridized carbons (Fsp3) is 0.611. The van der Waals surface area contributed by atoms with E-state index in [9.17, 15) is 9.90 Å². The minimum Gasteiger partial charge on any atom is -0.493 e. The van der Waals surface area contributed by atoms with E-state index in [0.29, 0.717) is 37.2 Å². The Labute approximate surface area is 160 Å². The first-order valence-corrected chi connectivity index (χ1v) is 8.65. The van der Waals surface area contributed by atoms with Gasteiger partial charge in [0.1, 0.15) is 6.10 Å². The summed E-state index contributed by atoms with van der Waals surface area (Å²) in [5, 5.41) is 13.0. The number of rotatable bonds is 7. The van der Waals surface area contributed by atoms with Crippen molar-refractivity contribution in [1.29, 1.82) is 0 Å². The molecule has 2 aliphatic rings. The Bertz CT molecular complexity index is 611. The summed E-state index contributed by atoms with van der Waals surface area (Å²) < 4.78 is 16.4. The second-order valence-electron chi connectivity index (χ2n) is 6.39. The van der Waals surface area contributed by atoms with Crippen LogP contribution in [0.1, 0.15) is 24.4 Å². The second kappa shape index (κ2) is 9.41. The average molecular weight is 387 g/mol. The summed E-state index contributed by atoms with van der Waals surface area (Å²) in [6, 6.07) is 5.65. The van der Waals surface area contributed by atoms with Crippen LogP contribution in [-0.4, -0.2) is 68.6 Å². The molecule has 146 valence electrons. The van der Waals surface area contributed by atoms with Gasteiger partial charge in [0, 0.05) is 12.6 Å². The largest absolute Gasteiger partial charge is 0.493 e. The number of methoxy groups -OCH3 is 2. The first-order chi connectivity index (χ1) is 12.2. The summed E-state index contributed by atoms with van der Waals surface area (Å²) in [6.45, 7) is 1.08. The van der Waals surface area contributed by atoms with Crippen LogP contribution in [0.15, 0.2) is 18.2 Å². The van der Waals surface area contributed by atoms with Crippen LogP contribution in [0.5, 0.6) is 11.5 Å². The maximum atomic E-state index is 12.7. The highest BCUT2D eigenvalue weighted by atomic mass is 35.5. The van der Waals surface area contributed by atoms with E-state index in [1.54, 1.807) is 19.1 Å². The SMILES string of the molecule is COc1ccc([C@@H]2[C@@H](CO)OCCN2C(=O)CNC2CC2)cc1OC.Cl. The molecule has 1 heterocycles. The molecule has 2 atom stereocenters. The van der Waals surface area contributed by atoms with Crippen LogP contribution >= 0.6 is 12.4 Å². The third kappa shape index (κ3) is 4.59. The lowest BCUT2D eigenvalue weighted by Gasteiger charge is -2.41. The predicted molar refractivity (Wildman–Crippen MR) is 99.1 cm³/mol. The lowest BCUT2D eigenvalue weighted by Crippen LogP contribution is -2.51. The van der Waals surface area contributed by atoms with E-state index in [1.165, 1.54) is 0 Å². The average Bonchev–Trinajstić information content (AvgIpc) is 3.49. The number of nitrogens with zero attached hydrogens (tertiary/aromatic N) is 1. The van der Waals surface area contributed by atoms with Gasteiger partial charge in [0.2, 0.25) is 5.91 Å². The third-order valence-corrected chi connectivity index (χ3v) is 4.72. The van der Waals surface area contributed by atoms with Gasteiger partial charge in [-0.3, -0.25) is 4.79 Å². The van der Waals surface area contributed by atoms with Gasteiger partial charge in [0.05, 0.1) is 40.0 Å². The number of carbonyl (C=O) groups is 1. The first-order valence-electron chi connectivity index (χ1n) is 8.65. The molecule has 1 aromatic rings. The van der Waals surface area contributed by atoms with Crippen molar-refractivity contribution in [2.75, 3.05) is 40.5 Å². The number of aliphatic hydroxyl groups excluding tert-OH is 1. The molecule has 0 bridgehead atoms. The molecule has 2 N–H and O–H groups in total. The number of hydrogen-bond acceptors (Lipinski definition) is 6. The highest BCUT2D eigenvalue weighted by Crippen LogP contribution is 2.35. The fourth-order valence-corrected chi connectivity index (χ4v) is 3.22. The van der Waals surface area contributed by atoms with Crippen molar-refractivity contribution in [2.45, 2.75) is 31.0 Å². The third-order valence-electron chi connectivity index (χ3n) is 4.72. The van der Waals surface area contributed by atoms with Crippen LogP contribution in [-0.2, 0) is 9.53 Å². The van der Waals surface area contributed by atoms with Gasteiger partial charge in [-0.15, -0.1) is 12.4 Å².